The zero-order chi connectivity index (χ0) is 19.0. The molecule has 136 valence electrons. The van der Waals surface area contributed by atoms with Crippen molar-refractivity contribution >= 4 is 10.9 Å². The van der Waals surface area contributed by atoms with E-state index < -0.39 is 5.56 Å². The van der Waals surface area contributed by atoms with Crippen molar-refractivity contribution in [1.82, 2.24) is 15.1 Å². The monoisotopic (exact) mass is 363 g/mol. The fourth-order valence-corrected chi connectivity index (χ4v) is 2.90. The van der Waals surface area contributed by atoms with Gasteiger partial charge >= 0.3 is 0 Å². The Morgan fingerprint density at radius 3 is 2.70 bits per heavy atom. The predicted molar refractivity (Wildman–Crippen MR) is 101 cm³/mol. The molecule has 4 aromatic rings. The summed E-state index contributed by atoms with van der Waals surface area (Å²) in [7, 11) is 0. The molecule has 0 amide bonds. The summed E-state index contributed by atoms with van der Waals surface area (Å²) in [6.07, 6.45) is 0. The third-order valence-corrected chi connectivity index (χ3v) is 4.21. The van der Waals surface area contributed by atoms with Crippen LogP contribution in [0.15, 0.2) is 51.8 Å². The molecule has 0 aliphatic rings. The third-order valence-electron chi connectivity index (χ3n) is 4.21. The molecule has 0 aliphatic heterocycles. The van der Waals surface area contributed by atoms with Crippen molar-refractivity contribution in [3.8, 4) is 34.3 Å². The molecule has 4 rings (SSSR count). The van der Waals surface area contributed by atoms with Gasteiger partial charge in [-0.25, -0.2) is 0 Å². The van der Waals surface area contributed by atoms with Gasteiger partial charge < -0.3 is 19.4 Å². The third kappa shape index (κ3) is 3.03. The maximum Gasteiger partial charge on any atom is 0.267 e. The van der Waals surface area contributed by atoms with Crippen LogP contribution in [-0.4, -0.2) is 26.8 Å². The number of nitrogens with zero attached hydrogens (tertiary/aromatic N) is 2. The van der Waals surface area contributed by atoms with Gasteiger partial charge in [0.05, 0.1) is 12.1 Å². The first-order valence-corrected chi connectivity index (χ1v) is 8.49. The lowest BCUT2D eigenvalue weighted by Crippen LogP contribution is -2.09. The lowest BCUT2D eigenvalue weighted by Gasteiger charge is -2.05. The molecule has 27 heavy (non-hydrogen) atoms. The summed E-state index contributed by atoms with van der Waals surface area (Å²) in [4.78, 5) is 19.5. The first kappa shape index (κ1) is 16.8. The van der Waals surface area contributed by atoms with Crippen LogP contribution in [0, 0.1) is 6.92 Å². The Bertz CT molecular complexity index is 1180. The Kier molecular flexibility index (Phi) is 4.12. The van der Waals surface area contributed by atoms with E-state index in [4.69, 9.17) is 9.26 Å². The molecule has 0 unspecified atom stereocenters. The van der Waals surface area contributed by atoms with Crippen molar-refractivity contribution < 1.29 is 14.4 Å². The van der Waals surface area contributed by atoms with Crippen molar-refractivity contribution in [1.29, 1.82) is 0 Å². The number of aromatic hydroxyl groups is 1. The minimum atomic E-state index is -0.495. The first-order valence-electron chi connectivity index (χ1n) is 8.49. The minimum Gasteiger partial charge on any atom is -0.506 e. The van der Waals surface area contributed by atoms with Gasteiger partial charge in [0.1, 0.15) is 17.1 Å². The van der Waals surface area contributed by atoms with E-state index in [0.29, 0.717) is 28.9 Å². The van der Waals surface area contributed by atoms with E-state index in [1.165, 1.54) is 0 Å². The lowest BCUT2D eigenvalue weighted by molar-refractivity contribution is 0.340. The molecule has 7 nitrogen and oxygen atoms in total. The highest BCUT2D eigenvalue weighted by molar-refractivity contribution is 5.90. The van der Waals surface area contributed by atoms with Gasteiger partial charge in [0.15, 0.2) is 0 Å². The zero-order valence-electron chi connectivity index (χ0n) is 14.8. The molecule has 2 N–H and O–H groups in total. The molecular weight excluding hydrogens is 346 g/mol. The minimum absolute atomic E-state index is 0.0407. The first-order chi connectivity index (χ1) is 13.1. The summed E-state index contributed by atoms with van der Waals surface area (Å²) in [5.74, 6) is 0.834. The van der Waals surface area contributed by atoms with Crippen LogP contribution >= 0.6 is 0 Å². The number of aryl methyl sites for hydroxylation is 1. The lowest BCUT2D eigenvalue weighted by atomic mass is 10.1. The molecule has 0 fully saturated rings. The molecule has 7 heteroatoms. The number of hydrogen-bond acceptors (Lipinski definition) is 6. The van der Waals surface area contributed by atoms with Gasteiger partial charge in [-0.1, -0.05) is 16.8 Å². The standard InChI is InChI=1S/C20H17N3O4/c1-3-26-13-7-5-12(6-8-13)18-22-20(27-23-18)16-17(24)14-10-11(2)4-9-15(14)21-19(16)25/h4-10H,3H2,1-2H3,(H2,21,24,25). The molecular formula is C20H17N3O4. The van der Waals surface area contributed by atoms with Crippen molar-refractivity contribution in [3.63, 3.8) is 0 Å². The Morgan fingerprint density at radius 2 is 1.96 bits per heavy atom. The quantitative estimate of drug-likeness (QED) is 0.574. The van der Waals surface area contributed by atoms with Crippen molar-refractivity contribution in [2.45, 2.75) is 13.8 Å². The molecule has 0 aliphatic carbocycles. The number of nitrogens with one attached hydrogen (secondary N) is 1. The maximum absolute atomic E-state index is 12.4. The molecule has 2 heterocycles. The van der Waals surface area contributed by atoms with Crippen LogP contribution < -0.4 is 10.3 Å². The van der Waals surface area contributed by atoms with Crippen LogP contribution in [-0.2, 0) is 0 Å². The smallest absolute Gasteiger partial charge is 0.267 e. The molecule has 0 bridgehead atoms. The molecule has 0 saturated carbocycles. The summed E-state index contributed by atoms with van der Waals surface area (Å²) in [6, 6.07) is 12.6. The van der Waals surface area contributed by atoms with E-state index in [9.17, 15) is 9.90 Å². The highest BCUT2D eigenvalue weighted by Gasteiger charge is 2.20. The van der Waals surface area contributed by atoms with E-state index in [1.807, 2.05) is 19.9 Å². The van der Waals surface area contributed by atoms with E-state index in [2.05, 4.69) is 15.1 Å². The van der Waals surface area contributed by atoms with Crippen LogP contribution in [0.1, 0.15) is 12.5 Å². The zero-order valence-corrected chi connectivity index (χ0v) is 14.8. The SMILES string of the molecule is CCOc1ccc(-c2noc(-c3c(O)c4cc(C)ccc4[nH]c3=O)n2)cc1. The molecule has 0 atom stereocenters. The van der Waals surface area contributed by atoms with Gasteiger partial charge in [-0.2, -0.15) is 4.98 Å². The second-order valence-corrected chi connectivity index (χ2v) is 6.11. The number of fused-ring (bicyclic) bond motifs is 1. The highest BCUT2D eigenvalue weighted by Crippen LogP contribution is 2.32. The van der Waals surface area contributed by atoms with Crippen LogP contribution in [0.4, 0.5) is 0 Å². The molecule has 2 aromatic heterocycles. The fourth-order valence-electron chi connectivity index (χ4n) is 2.90. The molecule has 0 saturated heterocycles. The van der Waals surface area contributed by atoms with Gasteiger partial charge in [-0.3, -0.25) is 4.79 Å². The van der Waals surface area contributed by atoms with Crippen LogP contribution in [0.25, 0.3) is 33.7 Å². The van der Waals surface area contributed by atoms with E-state index in [0.717, 1.165) is 11.3 Å². The van der Waals surface area contributed by atoms with Crippen molar-refractivity contribution in [3.05, 3.63) is 58.4 Å². The second kappa shape index (κ2) is 6.60. The fraction of sp³-hybridized carbons (Fsp3) is 0.150. The van der Waals surface area contributed by atoms with Crippen LogP contribution in [0.5, 0.6) is 11.5 Å². The Morgan fingerprint density at radius 1 is 1.19 bits per heavy atom. The highest BCUT2D eigenvalue weighted by atomic mass is 16.5. The summed E-state index contributed by atoms with van der Waals surface area (Å²) < 4.78 is 10.7. The van der Waals surface area contributed by atoms with Crippen LogP contribution in [0.2, 0.25) is 0 Å². The number of H-pyrrole nitrogens is 1. The van der Waals surface area contributed by atoms with Gasteiger partial charge in [0.25, 0.3) is 11.4 Å². The number of hydrogen-bond donors (Lipinski definition) is 2. The predicted octanol–water partition coefficient (Wildman–Crippen LogP) is 3.66. The Labute approximate surface area is 154 Å². The van der Waals surface area contributed by atoms with E-state index in [-0.39, 0.29) is 17.2 Å². The van der Waals surface area contributed by atoms with Gasteiger partial charge in [-0.15, -0.1) is 0 Å². The summed E-state index contributed by atoms with van der Waals surface area (Å²) in [5.41, 5.74) is 1.67. The largest absolute Gasteiger partial charge is 0.506 e. The number of rotatable bonds is 4. The van der Waals surface area contributed by atoms with E-state index >= 15 is 0 Å². The van der Waals surface area contributed by atoms with Crippen molar-refractivity contribution in [2.75, 3.05) is 6.61 Å². The Balaban J connectivity index is 1.78. The number of pyridine rings is 1. The molecule has 0 spiro atoms. The number of ether oxygens (including phenoxy) is 1. The van der Waals surface area contributed by atoms with Gasteiger partial charge in [0.2, 0.25) is 5.82 Å². The second-order valence-electron chi connectivity index (χ2n) is 6.11. The summed E-state index contributed by atoms with van der Waals surface area (Å²) >= 11 is 0. The maximum atomic E-state index is 12.4. The molecule has 0 radical (unpaired) electrons. The van der Waals surface area contributed by atoms with E-state index in [1.54, 1.807) is 36.4 Å². The summed E-state index contributed by atoms with van der Waals surface area (Å²) in [5, 5.41) is 15.1. The average Bonchev–Trinajstić information content (AvgIpc) is 3.13. The van der Waals surface area contributed by atoms with Crippen LogP contribution in [0.3, 0.4) is 0 Å². The normalized spacial score (nSPS) is 11.0. The summed E-state index contributed by atoms with van der Waals surface area (Å²) in [6.45, 7) is 4.39. The van der Waals surface area contributed by atoms with Gasteiger partial charge in [0, 0.05) is 10.9 Å². The average molecular weight is 363 g/mol. The topological polar surface area (TPSA) is 101 Å². The number of aromatic nitrogens is 3. The van der Waals surface area contributed by atoms with Gasteiger partial charge in [-0.05, 0) is 50.2 Å². The molecule has 2 aromatic carbocycles. The number of aromatic amines is 1. The Hall–Kier alpha value is -3.61. The number of benzene rings is 2. The van der Waals surface area contributed by atoms with Crippen molar-refractivity contribution in [2.24, 2.45) is 0 Å².